The highest BCUT2D eigenvalue weighted by Crippen LogP contribution is 2.79. The lowest BCUT2D eigenvalue weighted by molar-refractivity contribution is -0.167. The molecule has 1 saturated heterocycles. The van der Waals surface area contributed by atoms with E-state index in [0.717, 1.165) is 37.7 Å². The summed E-state index contributed by atoms with van der Waals surface area (Å²) >= 11 is 0. The molecule has 4 aliphatic carbocycles. The Kier molecular flexibility index (Phi) is 5.14. The highest BCUT2D eigenvalue weighted by Gasteiger charge is 2.85. The van der Waals surface area contributed by atoms with Crippen molar-refractivity contribution in [2.45, 2.75) is 102 Å². The number of carbonyl (C=O) groups excluding carboxylic acids is 2. The minimum absolute atomic E-state index is 0.0409. The Bertz CT molecular complexity index is 952. The standard InChI is InChI=1S/C26H42O6Si2/c1-16-20(31-33(4,5)6)25-15-24(16,32-34(7,8)9)14-11-17(25)26-13-10-12-23(2,22(28)30-26)19(26)18(25)21(27)29-3/h17-20H,1,10-15H2,2-9H3/t17?,18-,19?,20-,23?,24+,25-,26-/m1/s1. The number of esters is 2. The Morgan fingerprint density at radius 1 is 1.09 bits per heavy atom. The monoisotopic (exact) mass is 506 g/mol. The number of hydrogen-bond acceptors (Lipinski definition) is 6. The van der Waals surface area contributed by atoms with E-state index >= 15 is 0 Å². The highest BCUT2D eigenvalue weighted by molar-refractivity contribution is 6.70. The summed E-state index contributed by atoms with van der Waals surface area (Å²) in [6.45, 7) is 19.9. The zero-order valence-electron chi connectivity index (χ0n) is 22.2. The molecule has 1 heterocycles. The molecule has 1 spiro atoms. The van der Waals surface area contributed by atoms with Gasteiger partial charge in [-0.15, -0.1) is 0 Å². The van der Waals surface area contributed by atoms with Crippen LogP contribution in [-0.4, -0.2) is 53.0 Å². The van der Waals surface area contributed by atoms with Crippen LogP contribution in [0.2, 0.25) is 39.3 Å². The second-order valence-electron chi connectivity index (χ2n) is 13.8. The van der Waals surface area contributed by atoms with E-state index < -0.39 is 44.6 Å². The molecule has 3 unspecified atom stereocenters. The Hall–Kier alpha value is -0.966. The lowest BCUT2D eigenvalue weighted by Crippen LogP contribution is -2.53. The SMILES string of the molecule is C=C1[C@@H](O[Si](C)(C)C)[C@]23C[C@@]1(O[Si](C)(C)C)CCC2[C@@]12CCCC(C)(C(=O)O1)C2[C@@H]3C(=O)OC. The summed E-state index contributed by atoms with van der Waals surface area (Å²) in [6.07, 6.45) is 4.60. The van der Waals surface area contributed by atoms with Crippen LogP contribution in [0.25, 0.3) is 0 Å². The van der Waals surface area contributed by atoms with E-state index in [-0.39, 0.29) is 29.9 Å². The number of rotatable bonds is 5. The van der Waals surface area contributed by atoms with Crippen LogP contribution in [0.4, 0.5) is 0 Å². The fourth-order valence-corrected chi connectivity index (χ4v) is 11.6. The van der Waals surface area contributed by atoms with Crippen LogP contribution in [0.15, 0.2) is 12.2 Å². The van der Waals surface area contributed by atoms with Crippen LogP contribution in [0, 0.1) is 28.6 Å². The van der Waals surface area contributed by atoms with Crippen molar-refractivity contribution in [3.63, 3.8) is 0 Å². The first-order valence-corrected chi connectivity index (χ1v) is 19.8. The number of methoxy groups -OCH3 is 1. The number of hydrogen-bond donors (Lipinski definition) is 0. The van der Waals surface area contributed by atoms with Crippen molar-refractivity contribution in [3.8, 4) is 0 Å². The minimum Gasteiger partial charge on any atom is -0.469 e. The number of ether oxygens (including phenoxy) is 2. The molecule has 8 heteroatoms. The fraction of sp³-hybridized carbons (Fsp3) is 0.846. The summed E-state index contributed by atoms with van der Waals surface area (Å²) < 4.78 is 25.9. The van der Waals surface area contributed by atoms with Gasteiger partial charge in [0.05, 0.1) is 30.1 Å². The van der Waals surface area contributed by atoms with Gasteiger partial charge >= 0.3 is 11.9 Å². The molecular formula is C26H42O6Si2. The van der Waals surface area contributed by atoms with Crippen molar-refractivity contribution in [2.75, 3.05) is 7.11 Å². The van der Waals surface area contributed by atoms with Crippen LogP contribution < -0.4 is 0 Å². The molecule has 190 valence electrons. The first kappa shape index (κ1) is 24.7. The molecule has 0 aromatic carbocycles. The molecule has 0 radical (unpaired) electrons. The summed E-state index contributed by atoms with van der Waals surface area (Å²) in [6, 6.07) is 0. The van der Waals surface area contributed by atoms with Crippen LogP contribution in [0.1, 0.15) is 45.4 Å². The topological polar surface area (TPSA) is 71.1 Å². The van der Waals surface area contributed by atoms with E-state index in [1.54, 1.807) is 0 Å². The van der Waals surface area contributed by atoms with Gasteiger partial charge in [0, 0.05) is 17.3 Å². The van der Waals surface area contributed by atoms with E-state index in [2.05, 4.69) is 45.9 Å². The van der Waals surface area contributed by atoms with E-state index in [9.17, 15) is 9.59 Å². The summed E-state index contributed by atoms with van der Waals surface area (Å²) in [4.78, 5) is 27.1. The van der Waals surface area contributed by atoms with Gasteiger partial charge in [-0.3, -0.25) is 9.59 Å². The molecule has 4 bridgehead atoms. The summed E-state index contributed by atoms with van der Waals surface area (Å²) in [7, 11) is -2.49. The van der Waals surface area contributed by atoms with Gasteiger partial charge in [0.2, 0.25) is 0 Å². The van der Waals surface area contributed by atoms with E-state index in [1.165, 1.54) is 7.11 Å². The normalized spacial score (nSPS) is 47.3. The lowest BCUT2D eigenvalue weighted by atomic mass is 9.60. The average Bonchev–Trinajstić information content (AvgIpc) is 3.09. The van der Waals surface area contributed by atoms with E-state index in [4.69, 9.17) is 18.3 Å². The van der Waals surface area contributed by atoms with Crippen molar-refractivity contribution < 1.29 is 27.9 Å². The van der Waals surface area contributed by atoms with Crippen molar-refractivity contribution in [3.05, 3.63) is 12.2 Å². The Morgan fingerprint density at radius 2 is 1.76 bits per heavy atom. The first-order valence-electron chi connectivity index (χ1n) is 12.9. The van der Waals surface area contributed by atoms with Gasteiger partial charge in [-0.05, 0) is 90.3 Å². The molecule has 5 fully saturated rings. The second kappa shape index (κ2) is 7.08. The summed E-state index contributed by atoms with van der Waals surface area (Å²) in [5.74, 6) is -0.983. The highest BCUT2D eigenvalue weighted by atomic mass is 28.4. The van der Waals surface area contributed by atoms with Crippen molar-refractivity contribution >= 4 is 28.6 Å². The van der Waals surface area contributed by atoms with E-state index in [1.807, 2.05) is 6.92 Å². The average molecular weight is 507 g/mol. The van der Waals surface area contributed by atoms with Gasteiger partial charge in [-0.25, -0.2) is 0 Å². The zero-order valence-corrected chi connectivity index (χ0v) is 24.2. The Balaban J connectivity index is 1.75. The third-order valence-corrected chi connectivity index (χ3v) is 11.6. The van der Waals surface area contributed by atoms with Crippen molar-refractivity contribution in [1.29, 1.82) is 0 Å². The molecule has 5 rings (SSSR count). The lowest BCUT2D eigenvalue weighted by Gasteiger charge is -2.49. The second-order valence-corrected chi connectivity index (χ2v) is 22.7. The third-order valence-electron chi connectivity index (χ3n) is 9.62. The van der Waals surface area contributed by atoms with Crippen LogP contribution in [-0.2, 0) is 27.9 Å². The quantitative estimate of drug-likeness (QED) is 0.295. The Labute approximate surface area is 206 Å². The van der Waals surface area contributed by atoms with Gasteiger partial charge < -0.3 is 18.3 Å². The molecule has 34 heavy (non-hydrogen) atoms. The maximum atomic E-state index is 13.8. The molecule has 1 aliphatic heterocycles. The molecule has 0 N–H and O–H groups in total. The van der Waals surface area contributed by atoms with Gasteiger partial charge in [0.15, 0.2) is 16.6 Å². The van der Waals surface area contributed by atoms with Crippen molar-refractivity contribution in [2.24, 2.45) is 28.6 Å². The maximum Gasteiger partial charge on any atom is 0.312 e. The smallest absolute Gasteiger partial charge is 0.312 e. The van der Waals surface area contributed by atoms with Gasteiger partial charge in [-0.1, -0.05) is 6.58 Å². The minimum atomic E-state index is -2.02. The molecule has 0 aromatic heterocycles. The van der Waals surface area contributed by atoms with Crippen molar-refractivity contribution in [1.82, 2.24) is 0 Å². The summed E-state index contributed by atoms with van der Waals surface area (Å²) in [5, 5.41) is 0. The molecule has 8 atom stereocenters. The Morgan fingerprint density at radius 3 is 2.35 bits per heavy atom. The fourth-order valence-electron chi connectivity index (χ4n) is 9.05. The molecule has 6 nitrogen and oxygen atoms in total. The number of fused-ring (bicyclic) bond motifs is 1. The van der Waals surface area contributed by atoms with E-state index in [0.29, 0.717) is 6.42 Å². The van der Waals surface area contributed by atoms with Crippen LogP contribution in [0.3, 0.4) is 0 Å². The summed E-state index contributed by atoms with van der Waals surface area (Å²) in [5.41, 5.74) is -1.32. The largest absolute Gasteiger partial charge is 0.469 e. The number of carbonyl (C=O) groups is 2. The molecule has 4 saturated carbocycles. The molecule has 5 aliphatic rings. The van der Waals surface area contributed by atoms with Gasteiger partial charge in [0.1, 0.15) is 5.60 Å². The molecule has 0 amide bonds. The maximum absolute atomic E-state index is 13.8. The van der Waals surface area contributed by atoms with Crippen LogP contribution >= 0.6 is 0 Å². The van der Waals surface area contributed by atoms with Gasteiger partial charge in [-0.2, -0.15) is 0 Å². The first-order chi connectivity index (χ1) is 15.6. The third kappa shape index (κ3) is 2.97. The van der Waals surface area contributed by atoms with Crippen LogP contribution in [0.5, 0.6) is 0 Å². The molecule has 0 aromatic rings. The molecular weight excluding hydrogens is 464 g/mol. The predicted octanol–water partition coefficient (Wildman–Crippen LogP) is 5.06. The predicted molar refractivity (Wildman–Crippen MR) is 134 cm³/mol. The zero-order chi connectivity index (χ0) is 25.1. The van der Waals surface area contributed by atoms with Gasteiger partial charge in [0.25, 0.3) is 0 Å².